The molecule has 3 unspecified atom stereocenters. The van der Waals surface area contributed by atoms with Crippen molar-refractivity contribution in [1.29, 1.82) is 0 Å². The van der Waals surface area contributed by atoms with Crippen molar-refractivity contribution in [1.82, 2.24) is 5.32 Å². The van der Waals surface area contributed by atoms with E-state index in [1.165, 1.54) is 0 Å². The predicted molar refractivity (Wildman–Crippen MR) is 74.9 cm³/mol. The first-order chi connectivity index (χ1) is 9.43. The van der Waals surface area contributed by atoms with Crippen molar-refractivity contribution >= 4 is 11.9 Å². The monoisotopic (exact) mass is 276 g/mol. The summed E-state index contributed by atoms with van der Waals surface area (Å²) in [6, 6.07) is 8.76. The number of rotatable bonds is 4. The molecule has 0 heterocycles. The van der Waals surface area contributed by atoms with E-state index in [9.17, 15) is 9.59 Å². The fraction of sp³-hybridized carbons (Fsp3) is 0.467. The molecule has 1 aromatic carbocycles. The standard InChI is InChI=1S/C15H20N2O3/c1-15(16,10-6-3-2-4-7-10)14(20)17-12-9-5-8-11(12)13(18)19/h2-4,6-7,11-12H,5,8-9,16H2,1H3,(H,17,20)(H,18,19). The molecule has 0 aliphatic heterocycles. The Labute approximate surface area is 118 Å². The number of carbonyl (C=O) groups excluding carboxylic acids is 1. The topological polar surface area (TPSA) is 92.4 Å². The van der Waals surface area contributed by atoms with Gasteiger partial charge in [-0.1, -0.05) is 36.8 Å². The molecule has 1 amide bonds. The number of benzene rings is 1. The van der Waals surface area contributed by atoms with Gasteiger partial charge in [-0.25, -0.2) is 0 Å². The van der Waals surface area contributed by atoms with Crippen molar-refractivity contribution in [3.8, 4) is 0 Å². The van der Waals surface area contributed by atoms with Crippen LogP contribution in [0.2, 0.25) is 0 Å². The lowest BCUT2D eigenvalue weighted by molar-refractivity contribution is -0.142. The van der Waals surface area contributed by atoms with Crippen molar-refractivity contribution in [2.45, 2.75) is 37.8 Å². The van der Waals surface area contributed by atoms with Gasteiger partial charge in [-0.15, -0.1) is 0 Å². The molecule has 108 valence electrons. The van der Waals surface area contributed by atoms with Gasteiger partial charge in [0.1, 0.15) is 5.54 Å². The lowest BCUT2D eigenvalue weighted by Crippen LogP contribution is -2.53. The van der Waals surface area contributed by atoms with E-state index in [4.69, 9.17) is 10.8 Å². The van der Waals surface area contributed by atoms with Crippen LogP contribution in [-0.2, 0) is 15.1 Å². The van der Waals surface area contributed by atoms with Crippen molar-refractivity contribution in [3.63, 3.8) is 0 Å². The van der Waals surface area contributed by atoms with Gasteiger partial charge in [0.25, 0.3) is 0 Å². The lowest BCUT2D eigenvalue weighted by atomic mass is 9.91. The summed E-state index contributed by atoms with van der Waals surface area (Å²) in [6.07, 6.45) is 2.11. The molecule has 0 radical (unpaired) electrons. The second-order valence-corrected chi connectivity index (χ2v) is 5.52. The molecular formula is C15H20N2O3. The normalized spacial score (nSPS) is 24.9. The van der Waals surface area contributed by atoms with Gasteiger partial charge in [0.15, 0.2) is 0 Å². The predicted octanol–water partition coefficient (Wildman–Crippen LogP) is 1.23. The molecule has 1 saturated carbocycles. The molecule has 0 saturated heterocycles. The van der Waals surface area contributed by atoms with E-state index in [0.717, 1.165) is 6.42 Å². The first-order valence-electron chi connectivity index (χ1n) is 6.81. The Bertz CT molecular complexity index is 499. The number of aliphatic carboxylic acids is 1. The number of carboxylic acids is 1. The summed E-state index contributed by atoms with van der Waals surface area (Å²) in [7, 11) is 0. The van der Waals surface area contributed by atoms with E-state index in [2.05, 4.69) is 5.32 Å². The van der Waals surface area contributed by atoms with Gasteiger partial charge >= 0.3 is 5.97 Å². The molecule has 0 spiro atoms. The number of hydrogen-bond acceptors (Lipinski definition) is 3. The fourth-order valence-electron chi connectivity index (χ4n) is 2.66. The van der Waals surface area contributed by atoms with Crippen LogP contribution < -0.4 is 11.1 Å². The van der Waals surface area contributed by atoms with Gasteiger partial charge in [0.05, 0.1) is 5.92 Å². The minimum atomic E-state index is -1.16. The molecule has 1 aliphatic carbocycles. The summed E-state index contributed by atoms with van der Waals surface area (Å²) >= 11 is 0. The number of amides is 1. The minimum absolute atomic E-state index is 0.327. The van der Waals surface area contributed by atoms with Crippen LogP contribution in [0.4, 0.5) is 0 Å². The zero-order valence-corrected chi connectivity index (χ0v) is 11.5. The van der Waals surface area contributed by atoms with Crippen LogP contribution in [-0.4, -0.2) is 23.0 Å². The molecule has 4 N–H and O–H groups in total. The molecule has 3 atom stereocenters. The van der Waals surface area contributed by atoms with Crippen LogP contribution >= 0.6 is 0 Å². The van der Waals surface area contributed by atoms with Crippen molar-refractivity contribution in [2.24, 2.45) is 11.7 Å². The average molecular weight is 276 g/mol. The number of carboxylic acid groups (broad SMARTS) is 1. The fourth-order valence-corrected chi connectivity index (χ4v) is 2.66. The van der Waals surface area contributed by atoms with Gasteiger partial charge < -0.3 is 16.2 Å². The highest BCUT2D eigenvalue weighted by molar-refractivity contribution is 5.87. The summed E-state index contributed by atoms with van der Waals surface area (Å²) in [5.74, 6) is -1.70. The molecule has 1 aromatic rings. The van der Waals surface area contributed by atoms with E-state index in [1.807, 2.05) is 18.2 Å². The number of hydrogen-bond donors (Lipinski definition) is 3. The second kappa shape index (κ2) is 5.63. The van der Waals surface area contributed by atoms with Crippen LogP contribution in [0.3, 0.4) is 0 Å². The smallest absolute Gasteiger partial charge is 0.308 e. The summed E-state index contributed by atoms with van der Waals surface area (Å²) in [5.41, 5.74) is 5.67. The van der Waals surface area contributed by atoms with E-state index >= 15 is 0 Å². The molecule has 20 heavy (non-hydrogen) atoms. The lowest BCUT2D eigenvalue weighted by Gasteiger charge is -2.27. The SMILES string of the molecule is CC(N)(C(=O)NC1CCCC1C(=O)O)c1ccccc1. The Morgan fingerprint density at radius 3 is 2.55 bits per heavy atom. The van der Waals surface area contributed by atoms with Gasteiger partial charge in [0, 0.05) is 6.04 Å². The molecule has 1 fully saturated rings. The number of carbonyl (C=O) groups is 2. The second-order valence-electron chi connectivity index (χ2n) is 5.52. The quantitative estimate of drug-likeness (QED) is 0.771. The Hall–Kier alpha value is -1.88. The van der Waals surface area contributed by atoms with Gasteiger partial charge in [0.2, 0.25) is 5.91 Å². The highest BCUT2D eigenvalue weighted by Crippen LogP contribution is 2.27. The molecular weight excluding hydrogens is 256 g/mol. The van der Waals surface area contributed by atoms with Crippen molar-refractivity contribution in [2.75, 3.05) is 0 Å². The summed E-state index contributed by atoms with van der Waals surface area (Å²) in [5, 5.41) is 11.9. The first kappa shape index (κ1) is 14.5. The van der Waals surface area contributed by atoms with Gasteiger partial charge in [-0.05, 0) is 25.3 Å². The molecule has 5 nitrogen and oxygen atoms in total. The molecule has 0 aromatic heterocycles. The Balaban J connectivity index is 2.10. The van der Waals surface area contributed by atoms with Crippen LogP contribution in [0.25, 0.3) is 0 Å². The maximum absolute atomic E-state index is 12.4. The molecule has 1 aliphatic rings. The van der Waals surface area contributed by atoms with E-state index < -0.39 is 17.4 Å². The van der Waals surface area contributed by atoms with Crippen LogP contribution in [0, 0.1) is 5.92 Å². The Morgan fingerprint density at radius 2 is 1.95 bits per heavy atom. The Morgan fingerprint density at radius 1 is 1.30 bits per heavy atom. The third-order valence-corrected chi connectivity index (χ3v) is 3.99. The maximum Gasteiger partial charge on any atom is 0.308 e. The molecule has 2 rings (SSSR count). The average Bonchev–Trinajstić information content (AvgIpc) is 2.88. The zero-order valence-electron chi connectivity index (χ0n) is 11.5. The van der Waals surface area contributed by atoms with Crippen LogP contribution in [0.5, 0.6) is 0 Å². The van der Waals surface area contributed by atoms with Crippen LogP contribution in [0.15, 0.2) is 30.3 Å². The van der Waals surface area contributed by atoms with Crippen LogP contribution in [0.1, 0.15) is 31.7 Å². The summed E-state index contributed by atoms with van der Waals surface area (Å²) < 4.78 is 0. The van der Waals surface area contributed by atoms with E-state index in [-0.39, 0.29) is 11.9 Å². The molecule has 0 bridgehead atoms. The highest BCUT2D eigenvalue weighted by atomic mass is 16.4. The van der Waals surface area contributed by atoms with Gasteiger partial charge in [-0.2, -0.15) is 0 Å². The largest absolute Gasteiger partial charge is 0.481 e. The molecule has 5 heteroatoms. The minimum Gasteiger partial charge on any atom is -0.481 e. The number of nitrogens with one attached hydrogen (secondary N) is 1. The van der Waals surface area contributed by atoms with Gasteiger partial charge in [-0.3, -0.25) is 9.59 Å². The number of nitrogens with two attached hydrogens (primary N) is 1. The first-order valence-corrected chi connectivity index (χ1v) is 6.81. The maximum atomic E-state index is 12.4. The van der Waals surface area contributed by atoms with Crippen molar-refractivity contribution < 1.29 is 14.7 Å². The third kappa shape index (κ3) is 2.82. The van der Waals surface area contributed by atoms with Crippen molar-refractivity contribution in [3.05, 3.63) is 35.9 Å². The summed E-state index contributed by atoms with van der Waals surface area (Å²) in [6.45, 7) is 1.64. The van der Waals surface area contributed by atoms with E-state index in [0.29, 0.717) is 18.4 Å². The highest BCUT2D eigenvalue weighted by Gasteiger charge is 2.38. The summed E-state index contributed by atoms with van der Waals surface area (Å²) in [4.78, 5) is 23.5. The van der Waals surface area contributed by atoms with E-state index in [1.54, 1.807) is 19.1 Å². The Kier molecular flexibility index (Phi) is 4.09. The zero-order chi connectivity index (χ0) is 14.8. The third-order valence-electron chi connectivity index (χ3n) is 3.99.